The fourth-order valence-electron chi connectivity index (χ4n) is 1.37. The molecule has 18 heavy (non-hydrogen) atoms. The lowest BCUT2D eigenvalue weighted by atomic mass is 10.1. The quantitative estimate of drug-likeness (QED) is 0.864. The number of nitrogens with two attached hydrogens (primary N) is 1. The average molecular weight is 248 g/mol. The van der Waals surface area contributed by atoms with E-state index >= 15 is 0 Å². The fraction of sp³-hybridized carbons (Fsp3) is 0.357. The smallest absolute Gasteiger partial charge is 0.407 e. The first-order valence-corrected chi connectivity index (χ1v) is 5.78. The van der Waals surface area contributed by atoms with Gasteiger partial charge in [-0.2, -0.15) is 0 Å². The lowest BCUT2D eigenvalue weighted by Crippen LogP contribution is -2.32. The normalized spacial score (nSPS) is 10.8. The van der Waals surface area contributed by atoms with Gasteiger partial charge in [-0.3, -0.25) is 0 Å². The van der Waals surface area contributed by atoms with Crippen molar-refractivity contribution in [1.29, 1.82) is 0 Å². The molecule has 0 heterocycles. The SMILES string of the molecule is C=C(N)c1cccc(CNC(=O)OC(C)(C)C)c1. The summed E-state index contributed by atoms with van der Waals surface area (Å²) in [4.78, 5) is 11.5. The molecule has 0 aromatic heterocycles. The lowest BCUT2D eigenvalue weighted by molar-refractivity contribution is 0.0523. The van der Waals surface area contributed by atoms with E-state index in [9.17, 15) is 4.79 Å². The van der Waals surface area contributed by atoms with E-state index in [1.807, 2.05) is 45.0 Å². The van der Waals surface area contributed by atoms with Gasteiger partial charge in [0.1, 0.15) is 5.60 Å². The highest BCUT2D eigenvalue weighted by Gasteiger charge is 2.15. The minimum atomic E-state index is -0.489. The van der Waals surface area contributed by atoms with Crippen molar-refractivity contribution in [1.82, 2.24) is 5.32 Å². The summed E-state index contributed by atoms with van der Waals surface area (Å²) < 4.78 is 5.14. The van der Waals surface area contributed by atoms with Gasteiger partial charge in [-0.25, -0.2) is 4.79 Å². The maximum atomic E-state index is 11.5. The van der Waals surface area contributed by atoms with E-state index in [1.165, 1.54) is 0 Å². The Morgan fingerprint density at radius 1 is 1.44 bits per heavy atom. The first-order chi connectivity index (χ1) is 8.28. The second kappa shape index (κ2) is 5.58. The van der Waals surface area contributed by atoms with Gasteiger partial charge in [0.2, 0.25) is 0 Å². The van der Waals surface area contributed by atoms with Crippen LogP contribution in [0.25, 0.3) is 5.70 Å². The van der Waals surface area contributed by atoms with Crippen LogP contribution in [0.3, 0.4) is 0 Å². The average Bonchev–Trinajstić information content (AvgIpc) is 2.24. The van der Waals surface area contributed by atoms with Gasteiger partial charge in [-0.1, -0.05) is 24.8 Å². The second-order valence-electron chi connectivity index (χ2n) is 5.08. The Balaban J connectivity index is 2.56. The summed E-state index contributed by atoms with van der Waals surface area (Å²) in [5.74, 6) is 0. The van der Waals surface area contributed by atoms with Gasteiger partial charge in [0.25, 0.3) is 0 Å². The zero-order valence-corrected chi connectivity index (χ0v) is 11.1. The van der Waals surface area contributed by atoms with Crippen LogP contribution < -0.4 is 11.1 Å². The summed E-state index contributed by atoms with van der Waals surface area (Å²) in [5.41, 5.74) is 7.44. The molecule has 0 atom stereocenters. The van der Waals surface area contributed by atoms with E-state index in [2.05, 4.69) is 11.9 Å². The Hall–Kier alpha value is -1.97. The van der Waals surface area contributed by atoms with Gasteiger partial charge in [0.05, 0.1) is 0 Å². The van der Waals surface area contributed by atoms with Crippen LogP contribution in [0.2, 0.25) is 0 Å². The van der Waals surface area contributed by atoms with Crippen molar-refractivity contribution in [3.63, 3.8) is 0 Å². The fourth-order valence-corrected chi connectivity index (χ4v) is 1.37. The molecule has 0 aliphatic heterocycles. The molecule has 1 aromatic rings. The summed E-state index contributed by atoms with van der Waals surface area (Å²) in [6.45, 7) is 9.55. The molecule has 0 saturated heterocycles. The molecular formula is C14H20N2O2. The molecule has 0 radical (unpaired) electrons. The highest BCUT2D eigenvalue weighted by Crippen LogP contribution is 2.10. The molecule has 0 fully saturated rings. The van der Waals surface area contributed by atoms with E-state index in [0.29, 0.717) is 12.2 Å². The second-order valence-corrected chi connectivity index (χ2v) is 5.08. The molecule has 1 rings (SSSR count). The third kappa shape index (κ3) is 4.91. The van der Waals surface area contributed by atoms with Crippen molar-refractivity contribution in [2.45, 2.75) is 32.9 Å². The maximum Gasteiger partial charge on any atom is 0.407 e. The molecule has 0 bridgehead atoms. The number of hydrogen-bond donors (Lipinski definition) is 2. The number of ether oxygens (including phenoxy) is 1. The van der Waals surface area contributed by atoms with Gasteiger partial charge in [-0.05, 0) is 38.0 Å². The van der Waals surface area contributed by atoms with Gasteiger partial charge in [0, 0.05) is 12.2 Å². The van der Waals surface area contributed by atoms with Gasteiger partial charge >= 0.3 is 6.09 Å². The highest BCUT2D eigenvalue weighted by atomic mass is 16.6. The molecule has 1 aromatic carbocycles. The Labute approximate surface area is 108 Å². The standard InChI is InChI=1S/C14H20N2O2/c1-10(15)12-7-5-6-11(8-12)9-16-13(17)18-14(2,3)4/h5-8H,1,9,15H2,2-4H3,(H,16,17). The Morgan fingerprint density at radius 2 is 2.11 bits per heavy atom. The van der Waals surface area contributed by atoms with Crippen molar-refractivity contribution >= 4 is 11.8 Å². The summed E-state index contributed by atoms with van der Waals surface area (Å²) in [6.07, 6.45) is -0.431. The molecule has 4 nitrogen and oxygen atoms in total. The first-order valence-electron chi connectivity index (χ1n) is 5.78. The molecule has 4 heteroatoms. The number of rotatable bonds is 3. The molecule has 0 spiro atoms. The minimum Gasteiger partial charge on any atom is -0.444 e. The molecule has 0 saturated carbocycles. The summed E-state index contributed by atoms with van der Waals surface area (Å²) in [7, 11) is 0. The van der Waals surface area contributed by atoms with Crippen LogP contribution in [0.15, 0.2) is 30.8 Å². The molecule has 0 aliphatic rings. The molecule has 98 valence electrons. The van der Waals surface area contributed by atoms with Crippen LogP contribution in [0.1, 0.15) is 31.9 Å². The zero-order valence-electron chi connectivity index (χ0n) is 11.1. The topological polar surface area (TPSA) is 64.3 Å². The van der Waals surface area contributed by atoms with Gasteiger partial charge < -0.3 is 15.8 Å². The Bertz CT molecular complexity index is 447. The molecule has 1 amide bonds. The third-order valence-electron chi connectivity index (χ3n) is 2.13. The molecular weight excluding hydrogens is 228 g/mol. The lowest BCUT2D eigenvalue weighted by Gasteiger charge is -2.19. The number of carbonyl (C=O) groups is 1. The summed E-state index contributed by atoms with van der Waals surface area (Å²) in [5, 5.41) is 2.69. The van der Waals surface area contributed by atoms with Gasteiger partial charge in [-0.15, -0.1) is 0 Å². The third-order valence-corrected chi connectivity index (χ3v) is 2.13. The van der Waals surface area contributed by atoms with Crippen molar-refractivity contribution in [2.24, 2.45) is 5.73 Å². The largest absolute Gasteiger partial charge is 0.444 e. The van der Waals surface area contributed by atoms with E-state index in [4.69, 9.17) is 10.5 Å². The van der Waals surface area contributed by atoms with Crippen LogP contribution in [0, 0.1) is 0 Å². The van der Waals surface area contributed by atoms with Crippen molar-refractivity contribution in [3.8, 4) is 0 Å². The Kier molecular flexibility index (Phi) is 4.37. The number of benzene rings is 1. The predicted molar refractivity (Wildman–Crippen MR) is 72.7 cm³/mol. The predicted octanol–water partition coefficient (Wildman–Crippen LogP) is 2.64. The number of carbonyl (C=O) groups excluding carboxylic acids is 1. The number of hydrogen-bond acceptors (Lipinski definition) is 3. The van der Waals surface area contributed by atoms with Gasteiger partial charge in [0.15, 0.2) is 0 Å². The summed E-state index contributed by atoms with van der Waals surface area (Å²) >= 11 is 0. The van der Waals surface area contributed by atoms with Crippen molar-refractivity contribution < 1.29 is 9.53 Å². The molecule has 0 unspecified atom stereocenters. The monoisotopic (exact) mass is 248 g/mol. The van der Waals surface area contributed by atoms with Crippen LogP contribution >= 0.6 is 0 Å². The Morgan fingerprint density at radius 3 is 2.67 bits per heavy atom. The number of nitrogens with one attached hydrogen (secondary N) is 1. The van der Waals surface area contributed by atoms with E-state index in [0.717, 1.165) is 11.1 Å². The molecule has 3 N–H and O–H groups in total. The highest BCUT2D eigenvalue weighted by molar-refractivity contribution is 5.68. The summed E-state index contributed by atoms with van der Waals surface area (Å²) in [6, 6.07) is 7.54. The van der Waals surface area contributed by atoms with Crippen LogP contribution in [0.4, 0.5) is 4.79 Å². The number of alkyl carbamates (subject to hydrolysis) is 1. The minimum absolute atomic E-state index is 0.399. The first kappa shape index (κ1) is 14.1. The van der Waals surface area contributed by atoms with E-state index in [1.54, 1.807) is 0 Å². The van der Waals surface area contributed by atoms with E-state index in [-0.39, 0.29) is 0 Å². The number of amides is 1. The van der Waals surface area contributed by atoms with Crippen LogP contribution in [-0.4, -0.2) is 11.7 Å². The maximum absolute atomic E-state index is 11.5. The van der Waals surface area contributed by atoms with Crippen molar-refractivity contribution in [3.05, 3.63) is 42.0 Å². The van der Waals surface area contributed by atoms with Crippen LogP contribution in [0.5, 0.6) is 0 Å². The molecule has 0 aliphatic carbocycles. The zero-order chi connectivity index (χ0) is 13.8. The van der Waals surface area contributed by atoms with E-state index < -0.39 is 11.7 Å². The van der Waals surface area contributed by atoms with Crippen molar-refractivity contribution in [2.75, 3.05) is 0 Å². The van der Waals surface area contributed by atoms with Crippen LogP contribution in [-0.2, 0) is 11.3 Å².